The van der Waals surface area contributed by atoms with Gasteiger partial charge in [-0.2, -0.15) is 0 Å². The van der Waals surface area contributed by atoms with E-state index in [-0.39, 0.29) is 36.5 Å². The number of amides is 2. The molecule has 0 radical (unpaired) electrons. The molecular formula is C13H25N3O2. The van der Waals surface area contributed by atoms with Crippen LogP contribution in [0.25, 0.3) is 0 Å². The Morgan fingerprint density at radius 1 is 1.33 bits per heavy atom. The van der Waals surface area contributed by atoms with Crippen LogP contribution in [0.1, 0.15) is 40.5 Å². The Hall–Kier alpha value is -1.10. The van der Waals surface area contributed by atoms with Gasteiger partial charge in [-0.15, -0.1) is 0 Å². The molecule has 0 aromatic carbocycles. The highest BCUT2D eigenvalue weighted by molar-refractivity contribution is 5.88. The second-order valence-corrected chi connectivity index (χ2v) is 5.50. The van der Waals surface area contributed by atoms with Gasteiger partial charge < -0.3 is 15.5 Å². The molecule has 2 N–H and O–H groups in total. The molecule has 0 saturated carbocycles. The number of rotatable bonds is 5. The van der Waals surface area contributed by atoms with E-state index in [1.165, 1.54) is 0 Å². The molecule has 0 bridgehead atoms. The Kier molecular flexibility index (Phi) is 5.59. The van der Waals surface area contributed by atoms with Crippen molar-refractivity contribution < 1.29 is 9.59 Å². The molecule has 1 saturated heterocycles. The molecule has 2 amide bonds. The van der Waals surface area contributed by atoms with Gasteiger partial charge in [0.2, 0.25) is 11.8 Å². The molecule has 1 rings (SSSR count). The number of hydrogen-bond acceptors (Lipinski definition) is 3. The van der Waals surface area contributed by atoms with Crippen LogP contribution in [0.3, 0.4) is 0 Å². The summed E-state index contributed by atoms with van der Waals surface area (Å²) in [5.41, 5.74) is 0. The number of carbonyl (C=O) groups excluding carboxylic acids is 2. The van der Waals surface area contributed by atoms with Gasteiger partial charge in [-0.3, -0.25) is 9.59 Å². The maximum Gasteiger partial charge on any atom is 0.240 e. The first-order chi connectivity index (χ1) is 8.40. The summed E-state index contributed by atoms with van der Waals surface area (Å²) in [6.07, 6.45) is 1.81. The van der Waals surface area contributed by atoms with Crippen molar-refractivity contribution in [3.8, 4) is 0 Å². The van der Waals surface area contributed by atoms with Crippen LogP contribution < -0.4 is 10.6 Å². The fourth-order valence-electron chi connectivity index (χ4n) is 2.20. The van der Waals surface area contributed by atoms with Gasteiger partial charge in [-0.25, -0.2) is 0 Å². The monoisotopic (exact) mass is 255 g/mol. The lowest BCUT2D eigenvalue weighted by molar-refractivity contribution is -0.140. The number of carbonyl (C=O) groups is 2. The molecule has 1 unspecified atom stereocenters. The van der Waals surface area contributed by atoms with E-state index in [0.29, 0.717) is 6.54 Å². The third-order valence-electron chi connectivity index (χ3n) is 2.85. The predicted molar refractivity (Wildman–Crippen MR) is 71.2 cm³/mol. The first-order valence-corrected chi connectivity index (χ1v) is 6.74. The highest BCUT2D eigenvalue weighted by atomic mass is 16.2. The van der Waals surface area contributed by atoms with Gasteiger partial charge >= 0.3 is 0 Å². The zero-order chi connectivity index (χ0) is 13.7. The molecule has 0 spiro atoms. The van der Waals surface area contributed by atoms with E-state index in [2.05, 4.69) is 10.6 Å². The molecule has 1 aliphatic rings. The van der Waals surface area contributed by atoms with Gasteiger partial charge in [-0.05, 0) is 26.7 Å². The van der Waals surface area contributed by atoms with E-state index in [1.54, 1.807) is 4.90 Å². The Morgan fingerprint density at radius 2 is 2.00 bits per heavy atom. The Bertz CT molecular complexity index is 303. The molecule has 0 aliphatic carbocycles. The standard InChI is InChI=1S/C13H25N3O2/c1-9(2)14-11-6-5-7-16(13(11)18)8-12(17)15-10(3)4/h9-11,14H,5-8H2,1-4H3,(H,15,17). The van der Waals surface area contributed by atoms with Gasteiger partial charge in [0.1, 0.15) is 0 Å². The van der Waals surface area contributed by atoms with Crippen LogP contribution >= 0.6 is 0 Å². The number of nitrogens with one attached hydrogen (secondary N) is 2. The molecular weight excluding hydrogens is 230 g/mol. The van der Waals surface area contributed by atoms with Crippen molar-refractivity contribution in [2.24, 2.45) is 0 Å². The lowest BCUT2D eigenvalue weighted by Crippen LogP contribution is -2.54. The maximum atomic E-state index is 12.2. The van der Waals surface area contributed by atoms with Crippen molar-refractivity contribution in [2.75, 3.05) is 13.1 Å². The third kappa shape index (κ3) is 4.64. The molecule has 1 atom stereocenters. The van der Waals surface area contributed by atoms with Gasteiger partial charge in [-0.1, -0.05) is 13.8 Å². The highest BCUT2D eigenvalue weighted by Crippen LogP contribution is 2.12. The molecule has 1 aliphatic heterocycles. The molecule has 1 fully saturated rings. The van der Waals surface area contributed by atoms with Crippen LogP contribution in [0.15, 0.2) is 0 Å². The largest absolute Gasteiger partial charge is 0.352 e. The summed E-state index contributed by atoms with van der Waals surface area (Å²) in [6.45, 7) is 8.74. The predicted octanol–water partition coefficient (Wildman–Crippen LogP) is 0.500. The van der Waals surface area contributed by atoms with E-state index in [4.69, 9.17) is 0 Å². The van der Waals surface area contributed by atoms with Crippen LogP contribution in [0, 0.1) is 0 Å². The number of likely N-dealkylation sites (tertiary alicyclic amines) is 1. The lowest BCUT2D eigenvalue weighted by Gasteiger charge is -2.33. The van der Waals surface area contributed by atoms with E-state index in [9.17, 15) is 9.59 Å². The highest BCUT2D eigenvalue weighted by Gasteiger charge is 2.29. The van der Waals surface area contributed by atoms with E-state index in [0.717, 1.165) is 12.8 Å². The van der Waals surface area contributed by atoms with E-state index < -0.39 is 0 Å². The molecule has 5 nitrogen and oxygen atoms in total. The summed E-state index contributed by atoms with van der Waals surface area (Å²) in [7, 11) is 0. The average molecular weight is 255 g/mol. The summed E-state index contributed by atoms with van der Waals surface area (Å²) in [5, 5.41) is 6.07. The van der Waals surface area contributed by atoms with Crippen LogP contribution in [0.4, 0.5) is 0 Å². The first-order valence-electron chi connectivity index (χ1n) is 6.74. The Morgan fingerprint density at radius 3 is 2.56 bits per heavy atom. The number of nitrogens with zero attached hydrogens (tertiary/aromatic N) is 1. The van der Waals surface area contributed by atoms with E-state index >= 15 is 0 Å². The number of hydrogen-bond donors (Lipinski definition) is 2. The van der Waals surface area contributed by atoms with Gasteiger partial charge in [0, 0.05) is 18.6 Å². The van der Waals surface area contributed by atoms with Crippen LogP contribution in [0.2, 0.25) is 0 Å². The van der Waals surface area contributed by atoms with Crippen molar-refractivity contribution in [3.63, 3.8) is 0 Å². The minimum atomic E-state index is -0.134. The molecule has 0 aromatic heterocycles. The second kappa shape index (κ2) is 6.73. The minimum absolute atomic E-state index is 0.0499. The minimum Gasteiger partial charge on any atom is -0.352 e. The summed E-state index contributed by atoms with van der Waals surface area (Å²) >= 11 is 0. The fourth-order valence-corrected chi connectivity index (χ4v) is 2.20. The summed E-state index contributed by atoms with van der Waals surface area (Å²) in [4.78, 5) is 25.5. The topological polar surface area (TPSA) is 61.4 Å². The van der Waals surface area contributed by atoms with Crippen LogP contribution in [-0.4, -0.2) is 47.9 Å². The summed E-state index contributed by atoms with van der Waals surface area (Å²) in [6, 6.07) is 0.260. The molecule has 1 heterocycles. The van der Waals surface area contributed by atoms with Crippen molar-refractivity contribution in [1.82, 2.24) is 15.5 Å². The molecule has 104 valence electrons. The molecule has 18 heavy (non-hydrogen) atoms. The average Bonchev–Trinajstić information content (AvgIpc) is 2.22. The van der Waals surface area contributed by atoms with E-state index in [1.807, 2.05) is 27.7 Å². The normalized spacial score (nSPS) is 20.7. The van der Waals surface area contributed by atoms with Crippen LogP contribution in [-0.2, 0) is 9.59 Å². The fraction of sp³-hybridized carbons (Fsp3) is 0.846. The zero-order valence-corrected chi connectivity index (χ0v) is 11.8. The van der Waals surface area contributed by atoms with Crippen molar-refractivity contribution in [3.05, 3.63) is 0 Å². The van der Waals surface area contributed by atoms with Crippen molar-refractivity contribution >= 4 is 11.8 Å². The molecule has 5 heteroatoms. The van der Waals surface area contributed by atoms with Crippen molar-refractivity contribution in [1.29, 1.82) is 0 Å². The van der Waals surface area contributed by atoms with Gasteiger partial charge in [0.25, 0.3) is 0 Å². The zero-order valence-electron chi connectivity index (χ0n) is 11.8. The second-order valence-electron chi connectivity index (χ2n) is 5.50. The number of piperidine rings is 1. The van der Waals surface area contributed by atoms with Crippen molar-refractivity contribution in [2.45, 2.75) is 58.7 Å². The summed E-state index contributed by atoms with van der Waals surface area (Å²) in [5.74, 6) is -0.0302. The smallest absolute Gasteiger partial charge is 0.240 e. The quantitative estimate of drug-likeness (QED) is 0.752. The van der Waals surface area contributed by atoms with Gasteiger partial charge in [0.05, 0.1) is 12.6 Å². The third-order valence-corrected chi connectivity index (χ3v) is 2.85. The van der Waals surface area contributed by atoms with Crippen LogP contribution in [0.5, 0.6) is 0 Å². The summed E-state index contributed by atoms with van der Waals surface area (Å²) < 4.78 is 0. The maximum absolute atomic E-state index is 12.2. The Balaban J connectivity index is 2.50. The lowest BCUT2D eigenvalue weighted by atomic mass is 10.0. The first kappa shape index (κ1) is 15.0. The Labute approximate surface area is 109 Å². The SMILES string of the molecule is CC(C)NC(=O)CN1CCCC(NC(C)C)C1=O. The molecule has 0 aromatic rings. The van der Waals surface area contributed by atoms with Gasteiger partial charge in [0.15, 0.2) is 0 Å².